The van der Waals surface area contributed by atoms with Gasteiger partial charge < -0.3 is 0 Å². The van der Waals surface area contributed by atoms with Gasteiger partial charge in [0.25, 0.3) is 0 Å². The van der Waals surface area contributed by atoms with Gasteiger partial charge in [0.05, 0.1) is 5.56 Å². The normalized spacial score (nSPS) is 10.1. The number of aryl methyl sites for hydroxylation is 2. The molecule has 0 N–H and O–H groups in total. The average molecular weight is 257 g/mol. The first-order chi connectivity index (χ1) is 9.74. The molecular formula is C19H15N. The Bertz CT molecular complexity index is 830. The molecule has 0 aliphatic rings. The van der Waals surface area contributed by atoms with Gasteiger partial charge in [-0.25, -0.2) is 0 Å². The summed E-state index contributed by atoms with van der Waals surface area (Å²) in [5, 5.41) is 2.28. The van der Waals surface area contributed by atoms with Crippen LogP contribution < -0.4 is 0 Å². The molecule has 0 spiro atoms. The van der Waals surface area contributed by atoms with Crippen molar-refractivity contribution in [3.63, 3.8) is 0 Å². The Morgan fingerprint density at radius 2 is 1.65 bits per heavy atom. The van der Waals surface area contributed by atoms with Crippen molar-refractivity contribution in [2.24, 2.45) is 0 Å². The van der Waals surface area contributed by atoms with Gasteiger partial charge in [0, 0.05) is 28.7 Å². The topological polar surface area (TPSA) is 12.9 Å². The smallest absolute Gasteiger partial charge is 0.0510 e. The van der Waals surface area contributed by atoms with E-state index >= 15 is 0 Å². The Morgan fingerprint density at radius 3 is 2.55 bits per heavy atom. The molecule has 0 saturated carbocycles. The summed E-state index contributed by atoms with van der Waals surface area (Å²) in [5.74, 6) is 6.53. The lowest BCUT2D eigenvalue weighted by atomic mass is 10.0. The molecule has 0 fully saturated rings. The Labute approximate surface area is 119 Å². The maximum absolute atomic E-state index is 4.26. The van der Waals surface area contributed by atoms with Gasteiger partial charge in [-0.3, -0.25) is 4.98 Å². The molecule has 96 valence electrons. The van der Waals surface area contributed by atoms with E-state index in [2.05, 4.69) is 61.0 Å². The highest BCUT2D eigenvalue weighted by atomic mass is 14.6. The maximum Gasteiger partial charge on any atom is 0.0510 e. The molecule has 0 aliphatic heterocycles. The number of fused-ring (bicyclic) bond motifs is 1. The minimum absolute atomic E-state index is 0.976. The van der Waals surface area contributed by atoms with Crippen LogP contribution in [0.4, 0.5) is 0 Å². The molecule has 0 bridgehead atoms. The summed E-state index contributed by atoms with van der Waals surface area (Å²) in [4.78, 5) is 4.26. The van der Waals surface area contributed by atoms with Crippen molar-refractivity contribution in [3.05, 3.63) is 77.1 Å². The molecular weight excluding hydrogens is 242 g/mol. The Morgan fingerprint density at radius 1 is 0.850 bits per heavy atom. The van der Waals surface area contributed by atoms with Crippen LogP contribution >= 0.6 is 0 Å². The molecule has 0 radical (unpaired) electrons. The first-order valence-corrected chi connectivity index (χ1v) is 6.66. The van der Waals surface area contributed by atoms with Crippen LogP contribution in [-0.2, 0) is 0 Å². The Balaban J connectivity index is 2.11. The first-order valence-electron chi connectivity index (χ1n) is 6.66. The highest BCUT2D eigenvalue weighted by Crippen LogP contribution is 2.16. The summed E-state index contributed by atoms with van der Waals surface area (Å²) in [6.45, 7) is 4.18. The van der Waals surface area contributed by atoms with Crippen LogP contribution in [0, 0.1) is 25.7 Å². The highest BCUT2D eigenvalue weighted by Gasteiger charge is 1.98. The summed E-state index contributed by atoms with van der Waals surface area (Å²) in [6, 6.07) is 14.6. The fourth-order valence-electron chi connectivity index (χ4n) is 2.22. The second-order valence-electron chi connectivity index (χ2n) is 4.98. The third-order valence-electron chi connectivity index (χ3n) is 3.39. The molecule has 0 unspecified atom stereocenters. The van der Waals surface area contributed by atoms with Crippen LogP contribution in [0.5, 0.6) is 0 Å². The van der Waals surface area contributed by atoms with E-state index in [1.54, 1.807) is 0 Å². The molecule has 1 nitrogen and oxygen atoms in total. The summed E-state index contributed by atoms with van der Waals surface area (Å²) in [7, 11) is 0. The van der Waals surface area contributed by atoms with Crippen molar-refractivity contribution in [1.82, 2.24) is 4.98 Å². The first kappa shape index (κ1) is 12.4. The minimum Gasteiger partial charge on any atom is -0.263 e. The predicted molar refractivity (Wildman–Crippen MR) is 83.6 cm³/mol. The van der Waals surface area contributed by atoms with Crippen LogP contribution in [0.3, 0.4) is 0 Å². The second-order valence-corrected chi connectivity index (χ2v) is 4.98. The minimum atomic E-state index is 0.976. The lowest BCUT2D eigenvalue weighted by molar-refractivity contribution is 1.35. The van der Waals surface area contributed by atoms with Gasteiger partial charge in [0.2, 0.25) is 0 Å². The molecule has 2 aromatic carbocycles. The number of benzene rings is 2. The van der Waals surface area contributed by atoms with Gasteiger partial charge >= 0.3 is 0 Å². The number of nitrogens with zero attached hydrogens (tertiary/aromatic N) is 1. The van der Waals surface area contributed by atoms with Gasteiger partial charge in [-0.1, -0.05) is 48.2 Å². The maximum atomic E-state index is 4.26. The zero-order valence-electron chi connectivity index (χ0n) is 11.6. The van der Waals surface area contributed by atoms with E-state index in [0.29, 0.717) is 0 Å². The molecule has 3 aromatic rings. The quantitative estimate of drug-likeness (QED) is 0.549. The van der Waals surface area contributed by atoms with Gasteiger partial charge in [-0.05, 0) is 31.0 Å². The molecule has 0 saturated heterocycles. The van der Waals surface area contributed by atoms with E-state index in [1.807, 2.05) is 24.5 Å². The zero-order chi connectivity index (χ0) is 13.9. The second kappa shape index (κ2) is 5.19. The van der Waals surface area contributed by atoms with E-state index in [-0.39, 0.29) is 0 Å². The van der Waals surface area contributed by atoms with Crippen LogP contribution in [-0.4, -0.2) is 4.98 Å². The molecule has 0 amide bonds. The largest absolute Gasteiger partial charge is 0.263 e. The van der Waals surface area contributed by atoms with Gasteiger partial charge in [-0.15, -0.1) is 0 Å². The Hall–Kier alpha value is -2.59. The predicted octanol–water partition coefficient (Wildman–Crippen LogP) is 4.25. The van der Waals surface area contributed by atoms with Crippen LogP contribution in [0.1, 0.15) is 22.3 Å². The number of pyridine rings is 1. The third-order valence-corrected chi connectivity index (χ3v) is 3.39. The van der Waals surface area contributed by atoms with E-state index in [4.69, 9.17) is 0 Å². The summed E-state index contributed by atoms with van der Waals surface area (Å²) in [5.41, 5.74) is 4.49. The Kier molecular flexibility index (Phi) is 3.23. The van der Waals surface area contributed by atoms with Gasteiger partial charge in [-0.2, -0.15) is 0 Å². The van der Waals surface area contributed by atoms with E-state index in [0.717, 1.165) is 21.9 Å². The van der Waals surface area contributed by atoms with E-state index < -0.39 is 0 Å². The molecule has 1 heteroatoms. The monoisotopic (exact) mass is 257 g/mol. The van der Waals surface area contributed by atoms with E-state index in [1.165, 1.54) is 11.1 Å². The molecule has 1 aromatic heterocycles. The molecule has 1 heterocycles. The fourth-order valence-corrected chi connectivity index (χ4v) is 2.22. The van der Waals surface area contributed by atoms with Crippen LogP contribution in [0.25, 0.3) is 10.8 Å². The molecule has 0 atom stereocenters. The average Bonchev–Trinajstić information content (AvgIpc) is 2.48. The van der Waals surface area contributed by atoms with Gasteiger partial charge in [0.1, 0.15) is 0 Å². The van der Waals surface area contributed by atoms with Crippen molar-refractivity contribution in [1.29, 1.82) is 0 Å². The van der Waals surface area contributed by atoms with Crippen molar-refractivity contribution in [2.75, 3.05) is 0 Å². The molecule has 20 heavy (non-hydrogen) atoms. The van der Waals surface area contributed by atoms with Crippen LogP contribution in [0.2, 0.25) is 0 Å². The number of aromatic nitrogens is 1. The van der Waals surface area contributed by atoms with Crippen molar-refractivity contribution < 1.29 is 0 Å². The summed E-state index contributed by atoms with van der Waals surface area (Å²) in [6.07, 6.45) is 3.71. The SMILES string of the molecule is Cc1ccc(C)c(C#Cc2cncc3ccccc23)c1. The number of hydrogen-bond acceptors (Lipinski definition) is 1. The van der Waals surface area contributed by atoms with Crippen LogP contribution in [0.15, 0.2) is 54.9 Å². The van der Waals surface area contributed by atoms with Crippen molar-refractivity contribution >= 4 is 10.8 Å². The third kappa shape index (κ3) is 2.41. The van der Waals surface area contributed by atoms with Crippen molar-refractivity contribution in [2.45, 2.75) is 13.8 Å². The standard InChI is InChI=1S/C19H15N/c1-14-7-8-15(2)16(11-14)9-10-18-13-20-12-17-5-3-4-6-19(17)18/h3-8,11-13H,1-2H3. The summed E-state index contributed by atoms with van der Waals surface area (Å²) < 4.78 is 0. The number of rotatable bonds is 0. The van der Waals surface area contributed by atoms with Crippen molar-refractivity contribution in [3.8, 4) is 11.8 Å². The van der Waals surface area contributed by atoms with E-state index in [9.17, 15) is 0 Å². The molecule has 3 rings (SSSR count). The fraction of sp³-hybridized carbons (Fsp3) is 0.105. The zero-order valence-corrected chi connectivity index (χ0v) is 11.6. The summed E-state index contributed by atoms with van der Waals surface area (Å²) >= 11 is 0. The number of hydrogen-bond donors (Lipinski definition) is 0. The lowest BCUT2D eigenvalue weighted by Crippen LogP contribution is -1.85. The lowest BCUT2D eigenvalue weighted by Gasteiger charge is -2.00. The molecule has 0 aliphatic carbocycles. The van der Waals surface area contributed by atoms with Gasteiger partial charge in [0.15, 0.2) is 0 Å². The highest BCUT2D eigenvalue weighted by molar-refractivity contribution is 5.87.